The molecule has 0 amide bonds. The summed E-state index contributed by atoms with van der Waals surface area (Å²) in [7, 11) is 8.95. The summed E-state index contributed by atoms with van der Waals surface area (Å²) in [6.45, 7) is 2.28. The molecule has 0 radical (unpaired) electrons. The average molecular weight is 270 g/mol. The normalized spacial score (nSPS) is 18.2. The zero-order chi connectivity index (χ0) is 11.1. The Morgan fingerprint density at radius 1 is 1.33 bits per heavy atom. The van der Waals surface area contributed by atoms with E-state index in [4.69, 9.17) is 0 Å². The van der Waals surface area contributed by atoms with Crippen LogP contribution >= 0.6 is 0 Å². The third-order valence-electron chi connectivity index (χ3n) is 2.55. The van der Waals surface area contributed by atoms with Gasteiger partial charge in [-0.25, -0.2) is 0 Å². The molecule has 0 fully saturated rings. The number of nitrogens with zero attached hydrogens (tertiary/aromatic N) is 2. The second-order valence-corrected chi connectivity index (χ2v) is 8.28. The molecule has 0 aromatic heterocycles. The van der Waals surface area contributed by atoms with Crippen LogP contribution in [0.3, 0.4) is 0 Å². The van der Waals surface area contributed by atoms with Crippen LogP contribution in [0.15, 0.2) is 18.2 Å². The SMILES string of the molecule is CN(C)Cc1cccc2c1[Se][N+](C)(C)C2. The van der Waals surface area contributed by atoms with E-state index < -0.39 is 0 Å². The molecular formula is C12H19N2Se+. The van der Waals surface area contributed by atoms with Crippen LogP contribution in [0.2, 0.25) is 0 Å². The Kier molecular flexibility index (Phi) is 2.91. The van der Waals surface area contributed by atoms with Gasteiger partial charge in [-0.3, -0.25) is 0 Å². The fourth-order valence-corrected chi connectivity index (χ4v) is 4.55. The van der Waals surface area contributed by atoms with E-state index in [-0.39, 0.29) is 0 Å². The van der Waals surface area contributed by atoms with Crippen molar-refractivity contribution in [2.24, 2.45) is 0 Å². The van der Waals surface area contributed by atoms with Gasteiger partial charge in [0.05, 0.1) is 0 Å². The first-order valence-electron chi connectivity index (χ1n) is 5.26. The summed E-state index contributed by atoms with van der Waals surface area (Å²) >= 11 is 0.585. The van der Waals surface area contributed by atoms with Crippen LogP contribution in [0.4, 0.5) is 0 Å². The predicted molar refractivity (Wildman–Crippen MR) is 65.0 cm³/mol. The van der Waals surface area contributed by atoms with Crippen molar-refractivity contribution in [1.29, 1.82) is 0 Å². The second-order valence-electron chi connectivity index (χ2n) is 4.97. The molecule has 15 heavy (non-hydrogen) atoms. The Morgan fingerprint density at radius 3 is 2.73 bits per heavy atom. The molecule has 3 heteroatoms. The molecule has 0 unspecified atom stereocenters. The summed E-state index contributed by atoms with van der Waals surface area (Å²) in [6.07, 6.45) is 0. The fraction of sp³-hybridized carbons (Fsp3) is 0.500. The molecule has 1 aromatic carbocycles. The van der Waals surface area contributed by atoms with Gasteiger partial charge in [-0.2, -0.15) is 0 Å². The number of hydrogen-bond acceptors (Lipinski definition) is 1. The van der Waals surface area contributed by atoms with Crippen molar-refractivity contribution >= 4 is 19.6 Å². The summed E-state index contributed by atoms with van der Waals surface area (Å²) in [5.74, 6) is 0. The molecule has 2 rings (SSSR count). The van der Waals surface area contributed by atoms with E-state index in [1.807, 2.05) is 0 Å². The maximum atomic E-state index is 2.33. The third-order valence-corrected chi connectivity index (χ3v) is 5.35. The van der Waals surface area contributed by atoms with Crippen LogP contribution in [0.25, 0.3) is 0 Å². The molecule has 0 atom stereocenters. The van der Waals surface area contributed by atoms with E-state index in [0.29, 0.717) is 15.2 Å². The Balaban J connectivity index is 2.33. The quantitative estimate of drug-likeness (QED) is 0.711. The van der Waals surface area contributed by atoms with Crippen molar-refractivity contribution < 1.29 is 3.50 Å². The van der Waals surface area contributed by atoms with E-state index in [2.05, 4.69) is 51.3 Å². The first-order valence-corrected chi connectivity index (χ1v) is 6.88. The zero-order valence-corrected chi connectivity index (χ0v) is 11.7. The van der Waals surface area contributed by atoms with Crippen LogP contribution in [0, 0.1) is 0 Å². The number of rotatable bonds is 2. The molecule has 1 aromatic rings. The maximum absolute atomic E-state index is 2.33. The number of quaternary nitrogens is 1. The fourth-order valence-electron chi connectivity index (χ4n) is 2.03. The van der Waals surface area contributed by atoms with Crippen molar-refractivity contribution in [1.82, 2.24) is 4.90 Å². The summed E-state index contributed by atoms with van der Waals surface area (Å²) < 4.78 is 2.80. The number of hydrogen-bond donors (Lipinski definition) is 0. The van der Waals surface area contributed by atoms with Gasteiger partial charge in [-0.1, -0.05) is 0 Å². The molecule has 0 spiro atoms. The molecule has 0 saturated carbocycles. The van der Waals surface area contributed by atoms with Crippen molar-refractivity contribution in [2.45, 2.75) is 13.1 Å². The Morgan fingerprint density at radius 2 is 2.07 bits per heavy atom. The molecule has 1 heterocycles. The van der Waals surface area contributed by atoms with E-state index in [9.17, 15) is 0 Å². The molecular weight excluding hydrogens is 251 g/mol. The number of fused-ring (bicyclic) bond motifs is 1. The van der Waals surface area contributed by atoms with Gasteiger partial charge in [0, 0.05) is 0 Å². The zero-order valence-electron chi connectivity index (χ0n) is 9.95. The minimum atomic E-state index is 0.585. The van der Waals surface area contributed by atoms with Gasteiger partial charge in [0.2, 0.25) is 0 Å². The van der Waals surface area contributed by atoms with Gasteiger partial charge in [-0.15, -0.1) is 0 Å². The molecule has 0 aliphatic carbocycles. The molecule has 2 nitrogen and oxygen atoms in total. The van der Waals surface area contributed by atoms with Crippen LogP contribution in [0.1, 0.15) is 11.1 Å². The monoisotopic (exact) mass is 271 g/mol. The Bertz CT molecular complexity index is 372. The number of benzene rings is 1. The van der Waals surface area contributed by atoms with Crippen LogP contribution in [0.5, 0.6) is 0 Å². The Labute approximate surface area is 98.8 Å². The van der Waals surface area contributed by atoms with Crippen molar-refractivity contribution in [3.8, 4) is 0 Å². The van der Waals surface area contributed by atoms with Crippen molar-refractivity contribution in [2.75, 3.05) is 28.2 Å². The first-order chi connectivity index (χ1) is 6.98. The third kappa shape index (κ3) is 2.43. The van der Waals surface area contributed by atoms with Crippen LogP contribution < -0.4 is 4.46 Å². The van der Waals surface area contributed by atoms with Gasteiger partial charge in [0.25, 0.3) is 0 Å². The molecule has 0 bridgehead atoms. The molecule has 1 aliphatic heterocycles. The average Bonchev–Trinajstić information content (AvgIpc) is 2.39. The predicted octanol–water partition coefficient (Wildman–Crippen LogP) is 0.583. The van der Waals surface area contributed by atoms with Gasteiger partial charge < -0.3 is 0 Å². The van der Waals surface area contributed by atoms with E-state index in [1.54, 1.807) is 10.0 Å². The molecule has 0 N–H and O–H groups in total. The molecule has 82 valence electrons. The summed E-state index contributed by atoms with van der Waals surface area (Å²) in [5.41, 5.74) is 3.10. The van der Waals surface area contributed by atoms with Gasteiger partial charge in [0.1, 0.15) is 0 Å². The Hall–Kier alpha value is -0.341. The minimum absolute atomic E-state index is 0.585. The van der Waals surface area contributed by atoms with Crippen molar-refractivity contribution in [3.63, 3.8) is 0 Å². The van der Waals surface area contributed by atoms with Crippen molar-refractivity contribution in [3.05, 3.63) is 29.3 Å². The van der Waals surface area contributed by atoms with Gasteiger partial charge in [-0.05, 0) is 0 Å². The summed E-state index contributed by atoms with van der Waals surface area (Å²) in [6, 6.07) is 6.79. The molecule has 1 aliphatic rings. The van der Waals surface area contributed by atoms with E-state index in [1.165, 1.54) is 12.1 Å². The van der Waals surface area contributed by atoms with Gasteiger partial charge >= 0.3 is 98.6 Å². The first kappa shape index (κ1) is 11.2. The summed E-state index contributed by atoms with van der Waals surface area (Å²) in [4.78, 5) is 2.25. The second kappa shape index (κ2) is 3.91. The van der Waals surface area contributed by atoms with Gasteiger partial charge in [0.15, 0.2) is 0 Å². The van der Waals surface area contributed by atoms with E-state index in [0.717, 1.165) is 10.0 Å². The topological polar surface area (TPSA) is 3.24 Å². The van der Waals surface area contributed by atoms with E-state index >= 15 is 0 Å². The van der Waals surface area contributed by atoms with Crippen LogP contribution in [-0.4, -0.2) is 51.8 Å². The van der Waals surface area contributed by atoms with Crippen LogP contribution in [-0.2, 0) is 13.1 Å². The standard InChI is InChI=1S/C12H19N2Se/c1-13(2)8-10-6-5-7-11-9-14(3,4)15-12(10)11/h5-7H,8-9H2,1-4H3/q+1. The molecule has 0 saturated heterocycles. The summed E-state index contributed by atoms with van der Waals surface area (Å²) in [5, 5.41) is 0.